The SMILES string of the molecule is Cn1nnc(NS(=O)(=O)c2ccc(OCC(=O)O)cc2)n1. The van der Waals surface area contributed by atoms with Gasteiger partial charge in [-0.15, -0.1) is 5.10 Å². The van der Waals surface area contributed by atoms with E-state index in [1.165, 1.54) is 31.3 Å². The quantitative estimate of drug-likeness (QED) is 0.726. The van der Waals surface area contributed by atoms with Crippen LogP contribution in [-0.2, 0) is 21.9 Å². The van der Waals surface area contributed by atoms with Crippen molar-refractivity contribution in [3.63, 3.8) is 0 Å². The molecule has 1 aromatic heterocycles. The van der Waals surface area contributed by atoms with E-state index in [4.69, 9.17) is 9.84 Å². The number of ether oxygens (including phenoxy) is 1. The lowest BCUT2D eigenvalue weighted by atomic mass is 10.3. The fourth-order valence-corrected chi connectivity index (χ4v) is 2.30. The van der Waals surface area contributed by atoms with Gasteiger partial charge in [-0.1, -0.05) is 5.10 Å². The fourth-order valence-electron chi connectivity index (χ4n) is 1.36. The molecule has 0 bridgehead atoms. The van der Waals surface area contributed by atoms with Gasteiger partial charge in [-0.25, -0.2) is 17.9 Å². The lowest BCUT2D eigenvalue weighted by Gasteiger charge is -2.06. The lowest BCUT2D eigenvalue weighted by Crippen LogP contribution is -2.14. The van der Waals surface area contributed by atoms with E-state index in [2.05, 4.69) is 20.1 Å². The zero-order valence-corrected chi connectivity index (χ0v) is 11.6. The molecule has 0 atom stereocenters. The Morgan fingerprint density at radius 3 is 2.57 bits per heavy atom. The van der Waals surface area contributed by atoms with Gasteiger partial charge >= 0.3 is 5.97 Å². The number of sulfonamides is 1. The molecule has 0 aliphatic carbocycles. The number of aliphatic carboxylic acids is 1. The highest BCUT2D eigenvalue weighted by molar-refractivity contribution is 7.92. The van der Waals surface area contributed by atoms with E-state index in [0.29, 0.717) is 0 Å². The molecule has 0 spiro atoms. The molecular formula is C10H11N5O5S. The first kappa shape index (κ1) is 14.7. The number of hydrogen-bond acceptors (Lipinski definition) is 7. The Labute approximate surface area is 119 Å². The first-order chi connectivity index (χ1) is 9.87. The molecule has 0 radical (unpaired) electrons. The number of carboxylic acids is 1. The van der Waals surface area contributed by atoms with Gasteiger partial charge in [0, 0.05) is 0 Å². The summed E-state index contributed by atoms with van der Waals surface area (Å²) in [6, 6.07) is 5.25. The molecule has 0 aliphatic rings. The zero-order chi connectivity index (χ0) is 15.5. The minimum absolute atomic E-state index is 0.0439. The Bertz CT molecular complexity index is 739. The number of carbonyl (C=O) groups is 1. The largest absolute Gasteiger partial charge is 0.482 e. The summed E-state index contributed by atoms with van der Waals surface area (Å²) in [5.41, 5.74) is 0. The summed E-state index contributed by atoms with van der Waals surface area (Å²) in [6.07, 6.45) is 0. The Kier molecular flexibility index (Phi) is 4.03. The predicted octanol–water partition coefficient (Wildman–Crippen LogP) is -0.526. The third-order valence-corrected chi connectivity index (χ3v) is 3.57. The van der Waals surface area contributed by atoms with Gasteiger partial charge in [0.05, 0.1) is 11.9 Å². The molecule has 0 saturated carbocycles. The second-order valence-corrected chi connectivity index (χ2v) is 5.54. The monoisotopic (exact) mass is 313 g/mol. The highest BCUT2D eigenvalue weighted by Gasteiger charge is 2.16. The van der Waals surface area contributed by atoms with E-state index in [1.807, 2.05) is 0 Å². The number of aromatic nitrogens is 4. The Morgan fingerprint density at radius 1 is 1.38 bits per heavy atom. The van der Waals surface area contributed by atoms with Crippen molar-refractivity contribution >= 4 is 21.9 Å². The molecule has 10 nitrogen and oxygen atoms in total. The highest BCUT2D eigenvalue weighted by atomic mass is 32.2. The molecule has 0 aliphatic heterocycles. The van der Waals surface area contributed by atoms with Gasteiger partial charge in [0.15, 0.2) is 6.61 Å². The molecule has 0 fully saturated rings. The van der Waals surface area contributed by atoms with Crippen LogP contribution >= 0.6 is 0 Å². The number of nitrogens with one attached hydrogen (secondary N) is 1. The summed E-state index contributed by atoms with van der Waals surface area (Å²) in [5, 5.41) is 19.2. The topological polar surface area (TPSA) is 136 Å². The van der Waals surface area contributed by atoms with E-state index in [0.717, 1.165) is 4.80 Å². The van der Waals surface area contributed by atoms with Crippen molar-refractivity contribution in [2.45, 2.75) is 4.90 Å². The van der Waals surface area contributed by atoms with E-state index in [1.54, 1.807) is 0 Å². The van der Waals surface area contributed by atoms with Gasteiger partial charge in [-0.05, 0) is 29.5 Å². The summed E-state index contributed by atoms with van der Waals surface area (Å²) in [7, 11) is -2.35. The van der Waals surface area contributed by atoms with Crippen molar-refractivity contribution in [1.82, 2.24) is 20.2 Å². The Balaban J connectivity index is 2.11. The molecule has 21 heavy (non-hydrogen) atoms. The summed E-state index contributed by atoms with van der Waals surface area (Å²) in [5.74, 6) is -1.03. The number of nitrogens with zero attached hydrogens (tertiary/aromatic N) is 4. The van der Waals surface area contributed by atoms with Crippen LogP contribution in [-0.4, -0.2) is 46.3 Å². The Hall–Kier alpha value is -2.69. The molecule has 0 unspecified atom stereocenters. The summed E-state index contributed by atoms with van der Waals surface area (Å²) < 4.78 is 31.1. The van der Waals surface area contributed by atoms with Gasteiger partial charge < -0.3 is 9.84 Å². The normalized spacial score (nSPS) is 11.1. The minimum Gasteiger partial charge on any atom is -0.482 e. The number of benzene rings is 1. The first-order valence-electron chi connectivity index (χ1n) is 5.58. The molecule has 2 N–H and O–H groups in total. The van der Waals surface area contributed by atoms with Crippen LogP contribution in [0.5, 0.6) is 5.75 Å². The molecule has 11 heteroatoms. The van der Waals surface area contributed by atoms with Crippen LogP contribution in [0.1, 0.15) is 0 Å². The van der Waals surface area contributed by atoms with Crippen molar-refractivity contribution in [3.8, 4) is 5.75 Å². The maximum Gasteiger partial charge on any atom is 0.341 e. The van der Waals surface area contributed by atoms with Crippen LogP contribution in [0.3, 0.4) is 0 Å². The average Bonchev–Trinajstić information content (AvgIpc) is 2.81. The van der Waals surface area contributed by atoms with E-state index < -0.39 is 22.6 Å². The molecule has 1 heterocycles. The molecule has 0 saturated heterocycles. The fraction of sp³-hybridized carbons (Fsp3) is 0.200. The third kappa shape index (κ3) is 3.89. The zero-order valence-electron chi connectivity index (χ0n) is 10.8. The van der Waals surface area contributed by atoms with Crippen molar-refractivity contribution in [1.29, 1.82) is 0 Å². The predicted molar refractivity (Wildman–Crippen MR) is 69.2 cm³/mol. The lowest BCUT2D eigenvalue weighted by molar-refractivity contribution is -0.139. The van der Waals surface area contributed by atoms with Crippen LogP contribution < -0.4 is 9.46 Å². The number of aryl methyl sites for hydroxylation is 1. The second-order valence-electron chi connectivity index (χ2n) is 3.86. The highest BCUT2D eigenvalue weighted by Crippen LogP contribution is 2.17. The number of hydrogen-bond donors (Lipinski definition) is 2. The molecule has 2 aromatic rings. The number of rotatable bonds is 6. The van der Waals surface area contributed by atoms with Crippen LogP contribution in [0.25, 0.3) is 0 Å². The standard InChI is InChI=1S/C10H11N5O5S/c1-15-12-10(11-14-15)13-21(18,19)8-4-2-7(3-5-8)20-6-9(16)17/h2-5H,6H2,1H3,(H,12,13)(H,16,17). The molecule has 1 aromatic carbocycles. The molecule has 0 amide bonds. The van der Waals surface area contributed by atoms with Crippen molar-refractivity contribution < 1.29 is 23.1 Å². The smallest absolute Gasteiger partial charge is 0.341 e. The van der Waals surface area contributed by atoms with Gasteiger partial charge in [-0.3, -0.25) is 0 Å². The van der Waals surface area contributed by atoms with Crippen molar-refractivity contribution in [3.05, 3.63) is 24.3 Å². The summed E-state index contributed by atoms with van der Waals surface area (Å²) >= 11 is 0. The van der Waals surface area contributed by atoms with Gasteiger partial charge in [0.2, 0.25) is 0 Å². The van der Waals surface area contributed by atoms with Gasteiger partial charge in [0.1, 0.15) is 5.75 Å². The first-order valence-corrected chi connectivity index (χ1v) is 7.06. The van der Waals surface area contributed by atoms with Crippen molar-refractivity contribution in [2.24, 2.45) is 7.05 Å². The summed E-state index contributed by atoms with van der Waals surface area (Å²) in [4.78, 5) is 11.4. The molecule has 112 valence electrons. The minimum atomic E-state index is -3.85. The van der Waals surface area contributed by atoms with Gasteiger partial charge in [0.25, 0.3) is 16.0 Å². The van der Waals surface area contributed by atoms with E-state index in [-0.39, 0.29) is 16.6 Å². The van der Waals surface area contributed by atoms with Crippen LogP contribution in [0.4, 0.5) is 5.95 Å². The van der Waals surface area contributed by atoms with Crippen LogP contribution in [0.15, 0.2) is 29.2 Å². The average molecular weight is 313 g/mol. The molecular weight excluding hydrogens is 302 g/mol. The van der Waals surface area contributed by atoms with Gasteiger partial charge in [-0.2, -0.15) is 4.80 Å². The van der Waals surface area contributed by atoms with Crippen LogP contribution in [0, 0.1) is 0 Å². The Morgan fingerprint density at radius 2 is 2.05 bits per heavy atom. The maximum absolute atomic E-state index is 12.0. The van der Waals surface area contributed by atoms with Crippen LogP contribution in [0.2, 0.25) is 0 Å². The second kappa shape index (κ2) is 5.75. The van der Waals surface area contributed by atoms with E-state index in [9.17, 15) is 13.2 Å². The third-order valence-electron chi connectivity index (χ3n) is 2.23. The van der Waals surface area contributed by atoms with E-state index >= 15 is 0 Å². The molecule has 2 rings (SSSR count). The summed E-state index contributed by atoms with van der Waals surface area (Å²) in [6.45, 7) is -0.506. The number of anilines is 1. The number of carboxylic acid groups (broad SMARTS) is 1. The van der Waals surface area contributed by atoms with Crippen molar-refractivity contribution in [2.75, 3.05) is 11.3 Å². The number of tetrazole rings is 1. The maximum atomic E-state index is 12.0.